The number of hydrogen-bond acceptors (Lipinski definition) is 6. The zero-order valence-corrected chi connectivity index (χ0v) is 16.5. The summed E-state index contributed by atoms with van der Waals surface area (Å²) in [7, 11) is 1.27. The number of benzene rings is 2. The molecule has 0 radical (unpaired) electrons. The molecule has 30 heavy (non-hydrogen) atoms. The fraction of sp³-hybridized carbons (Fsp3) is 0.273. The molecule has 0 saturated heterocycles. The maximum absolute atomic E-state index is 13.7. The van der Waals surface area contributed by atoms with E-state index in [4.69, 9.17) is 9.47 Å². The molecule has 2 atom stereocenters. The van der Waals surface area contributed by atoms with E-state index in [0.29, 0.717) is 29.1 Å². The van der Waals surface area contributed by atoms with Crippen molar-refractivity contribution in [2.75, 3.05) is 12.4 Å². The van der Waals surface area contributed by atoms with Gasteiger partial charge in [-0.15, -0.1) is 0 Å². The minimum atomic E-state index is -0.909. The lowest BCUT2D eigenvalue weighted by atomic mass is 9.99. The first-order valence-electron chi connectivity index (χ1n) is 9.49. The Bertz CT molecular complexity index is 1060. The number of amides is 1. The van der Waals surface area contributed by atoms with Crippen LogP contribution in [0.4, 0.5) is 10.1 Å². The molecule has 0 aliphatic carbocycles. The highest BCUT2D eigenvalue weighted by Crippen LogP contribution is 2.41. The van der Waals surface area contributed by atoms with Crippen molar-refractivity contribution in [1.29, 1.82) is 0 Å². The number of carbonyl (C=O) groups excluding carboxylic acids is 2. The van der Waals surface area contributed by atoms with Gasteiger partial charge in [0.05, 0.1) is 18.8 Å². The van der Waals surface area contributed by atoms with Crippen molar-refractivity contribution in [3.05, 3.63) is 64.5 Å². The summed E-state index contributed by atoms with van der Waals surface area (Å²) in [6.07, 6.45) is -0.909. The Hall–Kier alpha value is -3.23. The molecular weight excluding hydrogens is 391 g/mol. The van der Waals surface area contributed by atoms with Gasteiger partial charge in [-0.3, -0.25) is 14.9 Å². The maximum atomic E-state index is 13.7. The van der Waals surface area contributed by atoms with E-state index in [9.17, 15) is 19.1 Å². The number of halogens is 1. The Morgan fingerprint density at radius 1 is 1.30 bits per heavy atom. The van der Waals surface area contributed by atoms with Crippen LogP contribution in [0.5, 0.6) is 0 Å². The monoisotopic (exact) mass is 412 g/mol. The summed E-state index contributed by atoms with van der Waals surface area (Å²) in [5, 5.41) is 15.5. The van der Waals surface area contributed by atoms with Gasteiger partial charge in [0.15, 0.2) is 0 Å². The minimum absolute atomic E-state index is 0.275. The Kier molecular flexibility index (Phi) is 5.27. The van der Waals surface area contributed by atoms with E-state index >= 15 is 0 Å². The van der Waals surface area contributed by atoms with Crippen LogP contribution in [0.3, 0.4) is 0 Å². The lowest BCUT2D eigenvalue weighted by Crippen LogP contribution is -2.45. The maximum Gasteiger partial charge on any atom is 0.325 e. The van der Waals surface area contributed by atoms with Crippen LogP contribution >= 0.6 is 0 Å². The summed E-state index contributed by atoms with van der Waals surface area (Å²) in [6, 6.07) is 8.89. The predicted molar refractivity (Wildman–Crippen MR) is 107 cm³/mol. The van der Waals surface area contributed by atoms with Crippen LogP contribution in [-0.2, 0) is 32.2 Å². The van der Waals surface area contributed by atoms with Gasteiger partial charge in [-0.25, -0.2) is 4.39 Å². The van der Waals surface area contributed by atoms with Crippen LogP contribution in [0.15, 0.2) is 36.4 Å². The number of rotatable bonds is 5. The molecule has 0 bridgehead atoms. The summed E-state index contributed by atoms with van der Waals surface area (Å²) < 4.78 is 24.2. The van der Waals surface area contributed by atoms with Gasteiger partial charge in [0.25, 0.3) is 5.91 Å². The van der Waals surface area contributed by atoms with Crippen molar-refractivity contribution in [3.8, 4) is 0 Å². The number of carbonyl (C=O) groups is 2. The first-order chi connectivity index (χ1) is 14.4. The summed E-state index contributed by atoms with van der Waals surface area (Å²) in [4.78, 5) is 24.3. The number of hydrogen-bond donors (Lipinski definition) is 3. The highest BCUT2D eigenvalue weighted by atomic mass is 19.1. The quantitative estimate of drug-likeness (QED) is 0.515. The van der Waals surface area contributed by atoms with E-state index < -0.39 is 23.9 Å². The lowest BCUT2D eigenvalue weighted by molar-refractivity contribution is -0.145. The van der Waals surface area contributed by atoms with Crippen molar-refractivity contribution < 1.29 is 28.6 Å². The topological polar surface area (TPSA) is 96.9 Å². The molecule has 156 valence electrons. The molecule has 0 unspecified atom stereocenters. The SMILES string of the molecule is COC(=O)[C@@H](NCc1ccc2c(c1)COC2=C1C(=O)Nc2ccc(F)cc21)[C@@H](C)O. The third-order valence-electron chi connectivity index (χ3n) is 5.20. The lowest BCUT2D eigenvalue weighted by Gasteiger charge is -2.19. The summed E-state index contributed by atoms with van der Waals surface area (Å²) in [5.41, 5.74) is 3.86. The molecule has 8 heteroatoms. The summed E-state index contributed by atoms with van der Waals surface area (Å²) in [6.45, 7) is 2.12. The molecule has 0 fully saturated rings. The molecule has 2 aliphatic rings. The van der Waals surface area contributed by atoms with E-state index in [1.807, 2.05) is 18.2 Å². The van der Waals surface area contributed by atoms with Gasteiger partial charge in [-0.1, -0.05) is 18.2 Å². The number of anilines is 1. The van der Waals surface area contributed by atoms with Crippen LogP contribution in [0.2, 0.25) is 0 Å². The predicted octanol–water partition coefficient (Wildman–Crippen LogP) is 2.19. The van der Waals surface area contributed by atoms with E-state index in [1.165, 1.54) is 32.2 Å². The van der Waals surface area contributed by atoms with E-state index in [0.717, 1.165) is 16.7 Å². The number of fused-ring (bicyclic) bond motifs is 2. The smallest absolute Gasteiger partial charge is 0.325 e. The van der Waals surface area contributed by atoms with Crippen LogP contribution in [0, 0.1) is 5.82 Å². The molecule has 2 aliphatic heterocycles. The van der Waals surface area contributed by atoms with Crippen molar-refractivity contribution in [1.82, 2.24) is 5.32 Å². The van der Waals surface area contributed by atoms with Gasteiger partial charge in [0, 0.05) is 28.9 Å². The molecule has 2 aromatic rings. The summed E-state index contributed by atoms with van der Waals surface area (Å²) >= 11 is 0. The first-order valence-corrected chi connectivity index (χ1v) is 9.49. The normalized spacial score (nSPS) is 18.9. The second-order valence-corrected chi connectivity index (χ2v) is 7.25. The zero-order chi connectivity index (χ0) is 21.4. The Morgan fingerprint density at radius 2 is 2.10 bits per heavy atom. The molecule has 0 spiro atoms. The highest BCUT2D eigenvalue weighted by Gasteiger charge is 2.33. The Labute approximate surface area is 172 Å². The van der Waals surface area contributed by atoms with E-state index in [1.54, 1.807) is 0 Å². The first kappa shape index (κ1) is 20.1. The van der Waals surface area contributed by atoms with Crippen molar-refractivity contribution in [2.24, 2.45) is 0 Å². The van der Waals surface area contributed by atoms with Crippen molar-refractivity contribution in [2.45, 2.75) is 32.2 Å². The number of ether oxygens (including phenoxy) is 2. The number of aliphatic hydroxyl groups is 1. The molecule has 0 aromatic heterocycles. The van der Waals surface area contributed by atoms with Gasteiger partial charge in [-0.05, 0) is 30.7 Å². The number of esters is 1. The van der Waals surface area contributed by atoms with Crippen molar-refractivity contribution in [3.63, 3.8) is 0 Å². The van der Waals surface area contributed by atoms with Crippen molar-refractivity contribution >= 4 is 28.9 Å². The summed E-state index contributed by atoms with van der Waals surface area (Å²) in [5.74, 6) is -0.884. The number of nitrogens with one attached hydrogen (secondary N) is 2. The van der Waals surface area contributed by atoms with Gasteiger partial charge in [-0.2, -0.15) is 0 Å². The fourth-order valence-electron chi connectivity index (χ4n) is 3.70. The zero-order valence-electron chi connectivity index (χ0n) is 16.5. The fourth-order valence-corrected chi connectivity index (χ4v) is 3.70. The van der Waals surface area contributed by atoms with Gasteiger partial charge in [0.1, 0.15) is 24.2 Å². The molecule has 1 amide bonds. The highest BCUT2D eigenvalue weighted by molar-refractivity contribution is 6.36. The number of methoxy groups -OCH3 is 1. The average Bonchev–Trinajstić information content (AvgIpc) is 3.26. The van der Waals surface area contributed by atoms with Gasteiger partial charge in [0.2, 0.25) is 0 Å². The number of aliphatic hydroxyl groups excluding tert-OH is 1. The average molecular weight is 412 g/mol. The van der Waals surface area contributed by atoms with Crippen LogP contribution < -0.4 is 10.6 Å². The van der Waals surface area contributed by atoms with E-state index in [-0.39, 0.29) is 12.5 Å². The second kappa shape index (κ2) is 7.89. The third-order valence-corrected chi connectivity index (χ3v) is 5.20. The third kappa shape index (κ3) is 3.55. The molecule has 4 rings (SSSR count). The van der Waals surface area contributed by atoms with Crippen LogP contribution in [-0.4, -0.2) is 36.2 Å². The Balaban J connectivity index is 1.61. The molecule has 2 heterocycles. The standard InChI is InChI=1S/C22H21FN2O5/c1-11(26)19(22(28)29-2)24-9-12-3-5-15-13(7-12)10-30-20(15)18-16-8-14(23)4-6-17(16)25-21(18)27/h3-8,11,19,24,26H,9-10H2,1-2H3,(H,25,27)/t11-,19+/m1/s1. The largest absolute Gasteiger partial charge is 0.487 e. The molecule has 0 saturated carbocycles. The van der Waals surface area contributed by atoms with Gasteiger partial charge >= 0.3 is 5.97 Å². The molecule has 2 aromatic carbocycles. The Morgan fingerprint density at radius 3 is 2.83 bits per heavy atom. The van der Waals surface area contributed by atoms with E-state index in [2.05, 4.69) is 10.6 Å². The molecule has 3 N–H and O–H groups in total. The van der Waals surface area contributed by atoms with Crippen LogP contribution in [0.1, 0.15) is 29.2 Å². The molecule has 7 nitrogen and oxygen atoms in total. The van der Waals surface area contributed by atoms with Crippen LogP contribution in [0.25, 0.3) is 11.3 Å². The molecular formula is C22H21FN2O5. The second-order valence-electron chi connectivity index (χ2n) is 7.25. The minimum Gasteiger partial charge on any atom is -0.487 e. The van der Waals surface area contributed by atoms with Gasteiger partial charge < -0.3 is 19.9 Å².